The van der Waals surface area contributed by atoms with E-state index in [0.717, 1.165) is 40.5 Å². The summed E-state index contributed by atoms with van der Waals surface area (Å²) in [6.45, 7) is 3.01. The maximum Gasteiger partial charge on any atom is 0.348 e. The van der Waals surface area contributed by atoms with Gasteiger partial charge in [-0.3, -0.25) is 4.79 Å². The van der Waals surface area contributed by atoms with Crippen molar-refractivity contribution in [2.24, 2.45) is 0 Å². The third-order valence-electron chi connectivity index (χ3n) is 5.92. The summed E-state index contributed by atoms with van der Waals surface area (Å²) < 4.78 is 10.9. The van der Waals surface area contributed by atoms with E-state index in [9.17, 15) is 9.59 Å². The Labute approximate surface area is 210 Å². The first-order chi connectivity index (χ1) is 16.9. The van der Waals surface area contributed by atoms with Gasteiger partial charge in [-0.2, -0.15) is 0 Å². The van der Waals surface area contributed by atoms with Gasteiger partial charge in [0.25, 0.3) is 5.91 Å². The molecule has 0 unspecified atom stereocenters. The van der Waals surface area contributed by atoms with Crippen molar-refractivity contribution in [2.45, 2.75) is 6.54 Å². The topological polar surface area (TPSA) is 62.3 Å². The largest absolute Gasteiger partial charge is 0.451 e. The van der Waals surface area contributed by atoms with E-state index < -0.39 is 5.97 Å². The lowest BCUT2D eigenvalue weighted by Crippen LogP contribution is -2.35. The Morgan fingerprint density at radius 3 is 2.34 bits per heavy atom. The Balaban J connectivity index is 1.40. The van der Waals surface area contributed by atoms with Crippen LogP contribution < -0.4 is 9.80 Å². The third kappa shape index (κ3) is 6.21. The van der Waals surface area contributed by atoms with Gasteiger partial charge in [-0.25, -0.2) is 4.79 Å². The lowest BCUT2D eigenvalue weighted by Gasteiger charge is -2.28. The minimum Gasteiger partial charge on any atom is -0.451 e. The molecule has 35 heavy (non-hydrogen) atoms. The molecule has 2 heterocycles. The first-order valence-electron chi connectivity index (χ1n) is 11.6. The Morgan fingerprint density at radius 1 is 1.00 bits per heavy atom. The number of likely N-dealkylation sites (N-methyl/N-ethyl adjacent to an activating group) is 1. The number of morpholine rings is 1. The standard InChI is InChI=1S/C27H31N3O4S/c1-28(2)22-11-9-20(10-12-22)18-29(3)25(31)19-34-27(32)24-17-23(21-7-5-4-6-8-21)26(35-24)30-13-15-33-16-14-30/h4-12,17H,13-16,18-19H2,1-3H3. The molecule has 1 aromatic heterocycles. The van der Waals surface area contributed by atoms with Crippen LogP contribution in [0.2, 0.25) is 0 Å². The number of nitrogens with zero attached hydrogens (tertiary/aromatic N) is 3. The molecule has 0 saturated carbocycles. The first-order valence-corrected chi connectivity index (χ1v) is 12.4. The van der Waals surface area contributed by atoms with Crippen LogP contribution in [0.1, 0.15) is 15.2 Å². The summed E-state index contributed by atoms with van der Waals surface area (Å²) in [5.74, 6) is -0.730. The van der Waals surface area contributed by atoms with Gasteiger partial charge >= 0.3 is 5.97 Å². The predicted octanol–water partition coefficient (Wildman–Crippen LogP) is 4.13. The van der Waals surface area contributed by atoms with Gasteiger partial charge in [0.2, 0.25) is 0 Å². The zero-order chi connectivity index (χ0) is 24.8. The summed E-state index contributed by atoms with van der Waals surface area (Å²) in [7, 11) is 5.68. The normalized spacial score (nSPS) is 13.4. The van der Waals surface area contributed by atoms with Gasteiger partial charge in [-0.1, -0.05) is 42.5 Å². The van der Waals surface area contributed by atoms with Crippen LogP contribution in [0.3, 0.4) is 0 Å². The fraction of sp³-hybridized carbons (Fsp3) is 0.333. The zero-order valence-electron chi connectivity index (χ0n) is 20.4. The Kier molecular flexibility index (Phi) is 8.05. The number of carbonyl (C=O) groups excluding carboxylic acids is 2. The Hall–Kier alpha value is -3.36. The van der Waals surface area contributed by atoms with Crippen LogP contribution in [0.4, 0.5) is 10.7 Å². The number of esters is 1. The Morgan fingerprint density at radius 2 is 1.69 bits per heavy atom. The van der Waals surface area contributed by atoms with E-state index >= 15 is 0 Å². The number of ether oxygens (including phenoxy) is 2. The number of carbonyl (C=O) groups is 2. The Bertz CT molecular complexity index is 1140. The van der Waals surface area contributed by atoms with E-state index in [-0.39, 0.29) is 12.5 Å². The average Bonchev–Trinajstić information content (AvgIpc) is 3.34. The van der Waals surface area contributed by atoms with E-state index in [2.05, 4.69) is 4.90 Å². The fourth-order valence-corrected chi connectivity index (χ4v) is 5.00. The minimum absolute atomic E-state index is 0.247. The van der Waals surface area contributed by atoms with Crippen molar-refractivity contribution in [3.05, 3.63) is 71.1 Å². The number of benzene rings is 2. The summed E-state index contributed by atoms with van der Waals surface area (Å²) >= 11 is 1.40. The second kappa shape index (κ2) is 11.4. The van der Waals surface area contributed by atoms with Crippen molar-refractivity contribution in [1.82, 2.24) is 4.90 Å². The molecule has 0 aliphatic carbocycles. The maximum absolute atomic E-state index is 12.9. The summed E-state index contributed by atoms with van der Waals surface area (Å²) in [6, 6.07) is 19.9. The average molecular weight is 494 g/mol. The van der Waals surface area contributed by atoms with Crippen molar-refractivity contribution in [3.8, 4) is 11.1 Å². The quantitative estimate of drug-likeness (QED) is 0.440. The van der Waals surface area contributed by atoms with Crippen LogP contribution in [-0.4, -0.2) is 70.8 Å². The van der Waals surface area contributed by atoms with Gasteiger partial charge in [0.1, 0.15) is 4.88 Å². The molecule has 7 nitrogen and oxygen atoms in total. The molecule has 1 saturated heterocycles. The molecule has 1 fully saturated rings. The monoisotopic (exact) mass is 493 g/mol. The highest BCUT2D eigenvalue weighted by molar-refractivity contribution is 7.18. The van der Waals surface area contributed by atoms with Gasteiger partial charge in [-0.05, 0) is 29.3 Å². The van der Waals surface area contributed by atoms with E-state index in [1.165, 1.54) is 11.3 Å². The molecular formula is C27H31N3O4S. The van der Waals surface area contributed by atoms with Gasteiger partial charge in [-0.15, -0.1) is 11.3 Å². The molecule has 4 rings (SSSR count). The highest BCUT2D eigenvalue weighted by Crippen LogP contribution is 2.39. The lowest BCUT2D eigenvalue weighted by molar-refractivity contribution is -0.133. The van der Waals surface area contributed by atoms with Crippen molar-refractivity contribution in [1.29, 1.82) is 0 Å². The van der Waals surface area contributed by atoms with E-state index in [0.29, 0.717) is 24.6 Å². The van der Waals surface area contributed by atoms with Gasteiger partial charge in [0, 0.05) is 52.0 Å². The number of rotatable bonds is 8. The molecule has 184 valence electrons. The molecule has 0 bridgehead atoms. The molecule has 2 aromatic carbocycles. The second-order valence-electron chi connectivity index (χ2n) is 8.68. The zero-order valence-corrected chi connectivity index (χ0v) is 21.2. The minimum atomic E-state index is -0.483. The van der Waals surface area contributed by atoms with Crippen molar-refractivity contribution < 1.29 is 19.1 Å². The SMILES string of the molecule is CN(Cc1ccc(N(C)C)cc1)C(=O)COC(=O)c1cc(-c2ccccc2)c(N2CCOCC2)s1. The summed E-state index contributed by atoms with van der Waals surface area (Å²) in [5, 5.41) is 1.02. The van der Waals surface area contributed by atoms with Crippen molar-refractivity contribution >= 4 is 33.9 Å². The highest BCUT2D eigenvalue weighted by Gasteiger charge is 2.23. The highest BCUT2D eigenvalue weighted by atomic mass is 32.1. The third-order valence-corrected chi connectivity index (χ3v) is 7.10. The molecule has 1 amide bonds. The molecule has 0 atom stereocenters. The first kappa shape index (κ1) is 24.8. The lowest BCUT2D eigenvalue weighted by atomic mass is 10.1. The van der Waals surface area contributed by atoms with Gasteiger partial charge in [0.05, 0.1) is 18.2 Å². The number of amides is 1. The van der Waals surface area contributed by atoms with Crippen molar-refractivity contribution in [3.63, 3.8) is 0 Å². The van der Waals surface area contributed by atoms with E-state index in [1.54, 1.807) is 11.9 Å². The molecule has 3 aromatic rings. The number of anilines is 2. The van der Waals surface area contributed by atoms with E-state index in [1.807, 2.05) is 79.7 Å². The number of thiophene rings is 1. The molecule has 1 aliphatic heterocycles. The summed E-state index contributed by atoms with van der Waals surface area (Å²) in [6.07, 6.45) is 0. The van der Waals surface area contributed by atoms with Crippen LogP contribution >= 0.6 is 11.3 Å². The number of hydrogen-bond donors (Lipinski definition) is 0. The van der Waals surface area contributed by atoms with Crippen LogP contribution in [0.5, 0.6) is 0 Å². The number of hydrogen-bond acceptors (Lipinski definition) is 7. The maximum atomic E-state index is 12.9. The van der Waals surface area contributed by atoms with Crippen LogP contribution in [0, 0.1) is 0 Å². The van der Waals surface area contributed by atoms with E-state index in [4.69, 9.17) is 9.47 Å². The summed E-state index contributed by atoms with van der Waals surface area (Å²) in [5.41, 5.74) is 4.15. The molecule has 0 N–H and O–H groups in total. The van der Waals surface area contributed by atoms with Crippen LogP contribution in [0.25, 0.3) is 11.1 Å². The van der Waals surface area contributed by atoms with Gasteiger partial charge < -0.3 is 24.2 Å². The predicted molar refractivity (Wildman–Crippen MR) is 140 cm³/mol. The van der Waals surface area contributed by atoms with Crippen LogP contribution in [0.15, 0.2) is 60.7 Å². The second-order valence-corrected chi connectivity index (χ2v) is 9.71. The molecule has 1 aliphatic rings. The molecule has 0 spiro atoms. The smallest absolute Gasteiger partial charge is 0.348 e. The van der Waals surface area contributed by atoms with Crippen molar-refractivity contribution in [2.75, 3.05) is 63.9 Å². The molecule has 8 heteroatoms. The fourth-order valence-electron chi connectivity index (χ4n) is 3.88. The molecular weight excluding hydrogens is 462 g/mol. The van der Waals surface area contributed by atoms with Crippen LogP contribution in [-0.2, 0) is 20.8 Å². The van der Waals surface area contributed by atoms with Gasteiger partial charge in [0.15, 0.2) is 6.61 Å². The summed E-state index contributed by atoms with van der Waals surface area (Å²) in [4.78, 5) is 31.8. The molecule has 0 radical (unpaired) electrons.